The standard InChI is InChI=1S/C10H17N3/c1-7-4-5-9(8(2)6-7)10(12-3)13-11/h4-6,10,12-13H,11H2,1-3H3. The first-order chi connectivity index (χ1) is 6.19. The molecule has 0 spiro atoms. The molecule has 0 heterocycles. The third-order valence-corrected chi connectivity index (χ3v) is 2.19. The van der Waals surface area contributed by atoms with Crippen molar-refractivity contribution >= 4 is 0 Å². The first-order valence-electron chi connectivity index (χ1n) is 4.39. The molecule has 0 saturated heterocycles. The zero-order valence-electron chi connectivity index (χ0n) is 8.39. The van der Waals surface area contributed by atoms with Gasteiger partial charge in [0.2, 0.25) is 0 Å². The Morgan fingerprint density at radius 3 is 2.46 bits per heavy atom. The lowest BCUT2D eigenvalue weighted by Gasteiger charge is -2.17. The first kappa shape index (κ1) is 10.2. The fourth-order valence-corrected chi connectivity index (χ4v) is 1.48. The molecule has 0 aliphatic heterocycles. The summed E-state index contributed by atoms with van der Waals surface area (Å²) in [6, 6.07) is 6.33. The number of hydrogen-bond acceptors (Lipinski definition) is 3. The van der Waals surface area contributed by atoms with Crippen molar-refractivity contribution in [3.63, 3.8) is 0 Å². The minimum atomic E-state index is 0.0283. The monoisotopic (exact) mass is 179 g/mol. The molecule has 1 aromatic rings. The number of nitrogens with two attached hydrogens (primary N) is 1. The molecule has 3 heteroatoms. The van der Waals surface area contributed by atoms with Crippen LogP contribution in [0, 0.1) is 13.8 Å². The number of hydrogen-bond donors (Lipinski definition) is 3. The van der Waals surface area contributed by atoms with Crippen LogP contribution in [0.25, 0.3) is 0 Å². The van der Waals surface area contributed by atoms with Gasteiger partial charge in [-0.2, -0.15) is 0 Å². The highest BCUT2D eigenvalue weighted by Gasteiger charge is 2.08. The lowest BCUT2D eigenvalue weighted by Crippen LogP contribution is -2.36. The van der Waals surface area contributed by atoms with Crippen molar-refractivity contribution in [3.8, 4) is 0 Å². The van der Waals surface area contributed by atoms with Gasteiger partial charge in [0.25, 0.3) is 0 Å². The topological polar surface area (TPSA) is 50.1 Å². The third kappa shape index (κ3) is 2.28. The number of nitrogens with one attached hydrogen (secondary N) is 2. The van der Waals surface area contributed by atoms with Gasteiger partial charge in [0.1, 0.15) is 0 Å². The summed E-state index contributed by atoms with van der Waals surface area (Å²) in [6.45, 7) is 4.17. The summed E-state index contributed by atoms with van der Waals surface area (Å²) in [7, 11) is 1.88. The van der Waals surface area contributed by atoms with Crippen LogP contribution in [-0.2, 0) is 0 Å². The van der Waals surface area contributed by atoms with E-state index in [4.69, 9.17) is 5.84 Å². The van der Waals surface area contributed by atoms with Gasteiger partial charge >= 0.3 is 0 Å². The second-order valence-electron chi connectivity index (χ2n) is 3.25. The zero-order chi connectivity index (χ0) is 9.84. The van der Waals surface area contributed by atoms with Crippen molar-refractivity contribution in [2.45, 2.75) is 20.0 Å². The highest BCUT2D eigenvalue weighted by molar-refractivity contribution is 5.32. The van der Waals surface area contributed by atoms with Crippen LogP contribution in [0.3, 0.4) is 0 Å². The maximum absolute atomic E-state index is 5.41. The van der Waals surface area contributed by atoms with Crippen LogP contribution >= 0.6 is 0 Å². The van der Waals surface area contributed by atoms with E-state index < -0.39 is 0 Å². The van der Waals surface area contributed by atoms with Gasteiger partial charge in [0, 0.05) is 0 Å². The fourth-order valence-electron chi connectivity index (χ4n) is 1.48. The molecule has 0 fully saturated rings. The van der Waals surface area contributed by atoms with E-state index in [0.717, 1.165) is 0 Å². The smallest absolute Gasteiger partial charge is 0.0961 e. The molecule has 0 aliphatic carbocycles. The largest absolute Gasteiger partial charge is 0.300 e. The molecular weight excluding hydrogens is 162 g/mol. The summed E-state index contributed by atoms with van der Waals surface area (Å²) in [5, 5.41) is 3.09. The SMILES string of the molecule is CNC(NN)c1ccc(C)cc1C. The Balaban J connectivity index is 2.99. The Bertz CT molecular complexity index is 279. The van der Waals surface area contributed by atoms with Crippen LogP contribution in [0.4, 0.5) is 0 Å². The van der Waals surface area contributed by atoms with E-state index in [0.29, 0.717) is 0 Å². The van der Waals surface area contributed by atoms with Crippen molar-refractivity contribution in [2.24, 2.45) is 5.84 Å². The van der Waals surface area contributed by atoms with E-state index in [-0.39, 0.29) is 6.17 Å². The quantitative estimate of drug-likeness (QED) is 0.368. The molecule has 13 heavy (non-hydrogen) atoms. The van der Waals surface area contributed by atoms with Crippen LogP contribution in [0.5, 0.6) is 0 Å². The third-order valence-electron chi connectivity index (χ3n) is 2.19. The van der Waals surface area contributed by atoms with Gasteiger partial charge in [0.15, 0.2) is 0 Å². The number of aryl methyl sites for hydroxylation is 2. The van der Waals surface area contributed by atoms with E-state index in [1.54, 1.807) is 0 Å². The number of hydrazine groups is 1. The lowest BCUT2D eigenvalue weighted by molar-refractivity contribution is 0.486. The average Bonchev–Trinajstić information content (AvgIpc) is 2.10. The molecule has 4 N–H and O–H groups in total. The van der Waals surface area contributed by atoms with E-state index in [9.17, 15) is 0 Å². The van der Waals surface area contributed by atoms with Crippen molar-refractivity contribution < 1.29 is 0 Å². The summed E-state index contributed by atoms with van der Waals surface area (Å²) in [4.78, 5) is 0. The van der Waals surface area contributed by atoms with Gasteiger partial charge in [-0.1, -0.05) is 23.8 Å². The molecule has 1 unspecified atom stereocenters. The van der Waals surface area contributed by atoms with Crippen molar-refractivity contribution in [1.29, 1.82) is 0 Å². The number of rotatable bonds is 3. The van der Waals surface area contributed by atoms with Gasteiger partial charge in [-0.25, -0.2) is 5.43 Å². The molecule has 1 atom stereocenters. The molecule has 0 saturated carbocycles. The van der Waals surface area contributed by atoms with Crippen LogP contribution in [-0.4, -0.2) is 7.05 Å². The van der Waals surface area contributed by atoms with Crippen LogP contribution in [0.2, 0.25) is 0 Å². The normalized spacial score (nSPS) is 12.9. The predicted octanol–water partition coefficient (Wildman–Crippen LogP) is 0.985. The molecule has 0 aliphatic rings. The molecule has 1 rings (SSSR count). The minimum absolute atomic E-state index is 0.0283. The van der Waals surface area contributed by atoms with Crippen LogP contribution in [0.15, 0.2) is 18.2 Å². The van der Waals surface area contributed by atoms with E-state index in [2.05, 4.69) is 42.8 Å². The molecule has 1 aromatic carbocycles. The highest BCUT2D eigenvalue weighted by Crippen LogP contribution is 2.15. The Kier molecular flexibility index (Phi) is 3.42. The summed E-state index contributed by atoms with van der Waals surface area (Å²) >= 11 is 0. The van der Waals surface area contributed by atoms with Gasteiger partial charge < -0.3 is 5.32 Å². The molecule has 0 bridgehead atoms. The Morgan fingerprint density at radius 1 is 1.31 bits per heavy atom. The maximum atomic E-state index is 5.41. The van der Waals surface area contributed by atoms with Gasteiger partial charge in [-0.3, -0.25) is 5.84 Å². The second-order valence-corrected chi connectivity index (χ2v) is 3.25. The average molecular weight is 179 g/mol. The fraction of sp³-hybridized carbons (Fsp3) is 0.400. The maximum Gasteiger partial charge on any atom is 0.0961 e. The van der Waals surface area contributed by atoms with Crippen molar-refractivity contribution in [3.05, 3.63) is 34.9 Å². The Morgan fingerprint density at radius 2 is 2.00 bits per heavy atom. The molecule has 0 radical (unpaired) electrons. The van der Waals surface area contributed by atoms with E-state index in [1.807, 2.05) is 7.05 Å². The van der Waals surface area contributed by atoms with Gasteiger partial charge in [-0.05, 0) is 32.0 Å². The minimum Gasteiger partial charge on any atom is -0.300 e. The summed E-state index contributed by atoms with van der Waals surface area (Å²) in [6.07, 6.45) is 0.0283. The van der Waals surface area contributed by atoms with Gasteiger partial charge in [0.05, 0.1) is 6.17 Å². The predicted molar refractivity (Wildman–Crippen MR) is 55.0 cm³/mol. The molecular formula is C10H17N3. The molecule has 0 amide bonds. The summed E-state index contributed by atoms with van der Waals surface area (Å²) in [5.74, 6) is 5.41. The van der Waals surface area contributed by atoms with E-state index >= 15 is 0 Å². The van der Waals surface area contributed by atoms with Crippen LogP contribution in [0.1, 0.15) is 22.9 Å². The molecule has 72 valence electrons. The van der Waals surface area contributed by atoms with Gasteiger partial charge in [-0.15, -0.1) is 0 Å². The lowest BCUT2D eigenvalue weighted by atomic mass is 10.0. The Labute approximate surface area is 79.3 Å². The van der Waals surface area contributed by atoms with E-state index in [1.165, 1.54) is 16.7 Å². The van der Waals surface area contributed by atoms with Crippen molar-refractivity contribution in [2.75, 3.05) is 7.05 Å². The summed E-state index contributed by atoms with van der Waals surface area (Å²) in [5.41, 5.74) is 6.43. The van der Waals surface area contributed by atoms with Crippen LogP contribution < -0.4 is 16.6 Å². The second kappa shape index (κ2) is 4.37. The molecule has 0 aromatic heterocycles. The summed E-state index contributed by atoms with van der Waals surface area (Å²) < 4.78 is 0. The van der Waals surface area contributed by atoms with Crippen molar-refractivity contribution in [1.82, 2.24) is 10.7 Å². The highest BCUT2D eigenvalue weighted by atomic mass is 15.3. The Hall–Kier alpha value is -0.900. The number of benzene rings is 1. The first-order valence-corrected chi connectivity index (χ1v) is 4.39. The molecule has 3 nitrogen and oxygen atoms in total. The zero-order valence-corrected chi connectivity index (χ0v) is 8.39.